The van der Waals surface area contributed by atoms with Crippen molar-refractivity contribution in [2.24, 2.45) is 0 Å². The van der Waals surface area contributed by atoms with Crippen LogP contribution in [-0.2, 0) is 6.18 Å². The zero-order valence-corrected chi connectivity index (χ0v) is 19.5. The van der Waals surface area contributed by atoms with Gasteiger partial charge in [-0.2, -0.15) is 13.2 Å². The number of piperazine rings is 1. The fourth-order valence-corrected chi connectivity index (χ4v) is 5.22. The van der Waals surface area contributed by atoms with Crippen LogP contribution < -0.4 is 5.32 Å². The topological polar surface area (TPSA) is 48.7 Å². The quantitative estimate of drug-likeness (QED) is 0.522. The number of alkyl halides is 3. The number of hydrogen-bond donors (Lipinski definition) is 1. The highest BCUT2D eigenvalue weighted by Crippen LogP contribution is 2.43. The van der Waals surface area contributed by atoms with Crippen LogP contribution in [0.25, 0.3) is 0 Å². The Hall–Kier alpha value is -2.62. The molecule has 1 saturated heterocycles. The van der Waals surface area contributed by atoms with Crippen molar-refractivity contribution in [3.05, 3.63) is 75.6 Å². The minimum Gasteiger partial charge on any atom is -0.459 e. The van der Waals surface area contributed by atoms with Crippen LogP contribution in [0.3, 0.4) is 0 Å². The molecule has 0 saturated carbocycles. The van der Waals surface area contributed by atoms with Gasteiger partial charge in [-0.05, 0) is 56.3 Å². The Kier molecular flexibility index (Phi) is 6.65. The summed E-state index contributed by atoms with van der Waals surface area (Å²) >= 11 is 1.47. The summed E-state index contributed by atoms with van der Waals surface area (Å²) in [7, 11) is 2.06. The highest BCUT2D eigenvalue weighted by Gasteiger charge is 2.33. The zero-order chi connectivity index (χ0) is 23.8. The van der Waals surface area contributed by atoms with Gasteiger partial charge in [0, 0.05) is 36.6 Å². The summed E-state index contributed by atoms with van der Waals surface area (Å²) in [5, 5.41) is 3.67. The van der Waals surface area contributed by atoms with E-state index in [4.69, 9.17) is 4.42 Å². The predicted octanol–water partition coefficient (Wildman–Crippen LogP) is 5.57. The second-order valence-electron chi connectivity index (χ2n) is 8.32. The Bertz CT molecular complexity index is 1100. The van der Waals surface area contributed by atoms with E-state index in [1.807, 2.05) is 13.8 Å². The molecule has 9 heteroatoms. The van der Waals surface area contributed by atoms with E-state index in [-0.39, 0.29) is 17.7 Å². The van der Waals surface area contributed by atoms with E-state index in [1.165, 1.54) is 17.6 Å². The number of anilines is 1. The molecule has 2 aromatic heterocycles. The molecular formula is C24H26F3N3O2S. The predicted molar refractivity (Wildman–Crippen MR) is 123 cm³/mol. The van der Waals surface area contributed by atoms with Gasteiger partial charge in [-0.15, -0.1) is 11.3 Å². The van der Waals surface area contributed by atoms with Crippen LogP contribution in [0.4, 0.5) is 18.2 Å². The SMILES string of the molecule is Cc1sc(NC(=O)c2ccco2)c([C@H](c2ccc(C(F)(F)F)cc2)N2CCN(C)CC2)c1C. The van der Waals surface area contributed by atoms with Gasteiger partial charge < -0.3 is 14.6 Å². The standard InChI is InChI=1S/C24H26F3N3O2S/c1-15-16(2)33-23(28-22(31)19-5-4-14-32-19)20(15)21(30-12-10-29(3)11-13-30)17-6-8-18(9-7-17)24(25,26)27/h4-9,14,21H,10-13H2,1-3H3,(H,28,31)/t21-/m0/s1. The van der Waals surface area contributed by atoms with Crippen molar-refractivity contribution in [1.29, 1.82) is 0 Å². The van der Waals surface area contributed by atoms with Crippen LogP contribution in [0, 0.1) is 13.8 Å². The smallest absolute Gasteiger partial charge is 0.416 e. The third-order valence-electron chi connectivity index (χ3n) is 6.13. The van der Waals surface area contributed by atoms with Gasteiger partial charge >= 0.3 is 6.18 Å². The monoisotopic (exact) mass is 477 g/mol. The molecule has 0 bridgehead atoms. The van der Waals surface area contributed by atoms with Crippen molar-refractivity contribution in [2.75, 3.05) is 38.5 Å². The summed E-state index contributed by atoms with van der Waals surface area (Å²) in [4.78, 5) is 18.3. The molecule has 0 aliphatic carbocycles. The number of nitrogens with one attached hydrogen (secondary N) is 1. The first-order valence-electron chi connectivity index (χ1n) is 10.7. The van der Waals surface area contributed by atoms with Gasteiger partial charge in [-0.3, -0.25) is 9.69 Å². The number of furan rings is 1. The van der Waals surface area contributed by atoms with Gasteiger partial charge in [0.05, 0.1) is 17.9 Å². The van der Waals surface area contributed by atoms with Crippen LogP contribution in [0.2, 0.25) is 0 Å². The van der Waals surface area contributed by atoms with Crippen LogP contribution in [0.5, 0.6) is 0 Å². The van der Waals surface area contributed by atoms with Gasteiger partial charge in [-0.1, -0.05) is 12.1 Å². The molecule has 1 atom stereocenters. The molecule has 1 amide bonds. The highest BCUT2D eigenvalue weighted by atomic mass is 32.1. The molecule has 1 aromatic carbocycles. The molecule has 3 aromatic rings. The Morgan fingerprint density at radius 3 is 2.33 bits per heavy atom. The van der Waals surface area contributed by atoms with Gasteiger partial charge in [0.25, 0.3) is 5.91 Å². The molecular weight excluding hydrogens is 451 g/mol. The van der Waals surface area contributed by atoms with Crippen molar-refractivity contribution in [3.8, 4) is 0 Å². The van der Waals surface area contributed by atoms with E-state index in [1.54, 1.807) is 24.3 Å². The zero-order valence-electron chi connectivity index (χ0n) is 18.7. The lowest BCUT2D eigenvalue weighted by Crippen LogP contribution is -2.46. The van der Waals surface area contributed by atoms with E-state index in [0.29, 0.717) is 5.00 Å². The van der Waals surface area contributed by atoms with Gasteiger partial charge in [-0.25, -0.2) is 0 Å². The lowest BCUT2D eigenvalue weighted by Gasteiger charge is -2.39. The van der Waals surface area contributed by atoms with Crippen LogP contribution in [-0.4, -0.2) is 48.9 Å². The normalized spacial score (nSPS) is 16.7. The first-order chi connectivity index (χ1) is 15.6. The molecule has 176 valence electrons. The molecule has 1 N–H and O–H groups in total. The summed E-state index contributed by atoms with van der Waals surface area (Å²) in [5.74, 6) is -0.151. The average molecular weight is 478 g/mol. The fraction of sp³-hybridized carbons (Fsp3) is 0.375. The number of carbonyl (C=O) groups is 1. The molecule has 0 unspecified atom stereocenters. The Labute approximate surface area is 194 Å². The van der Waals surface area contributed by atoms with Crippen molar-refractivity contribution in [2.45, 2.75) is 26.1 Å². The first-order valence-corrected chi connectivity index (χ1v) is 11.5. The van der Waals surface area contributed by atoms with Gasteiger partial charge in [0.15, 0.2) is 5.76 Å². The number of benzene rings is 1. The molecule has 33 heavy (non-hydrogen) atoms. The van der Waals surface area contributed by atoms with Crippen molar-refractivity contribution in [1.82, 2.24) is 9.80 Å². The Balaban J connectivity index is 1.76. The maximum atomic E-state index is 13.2. The number of carbonyl (C=O) groups excluding carboxylic acids is 1. The highest BCUT2D eigenvalue weighted by molar-refractivity contribution is 7.16. The molecule has 1 fully saturated rings. The van der Waals surface area contributed by atoms with E-state index in [2.05, 4.69) is 22.2 Å². The van der Waals surface area contributed by atoms with Crippen LogP contribution in [0.1, 0.15) is 43.7 Å². The molecule has 1 aliphatic rings. The largest absolute Gasteiger partial charge is 0.459 e. The minimum absolute atomic E-state index is 0.204. The Morgan fingerprint density at radius 1 is 1.09 bits per heavy atom. The number of hydrogen-bond acceptors (Lipinski definition) is 5. The number of thiophene rings is 1. The second-order valence-corrected chi connectivity index (χ2v) is 9.54. The fourth-order valence-electron chi connectivity index (χ4n) is 4.13. The van der Waals surface area contributed by atoms with Crippen molar-refractivity contribution >= 4 is 22.2 Å². The third kappa shape index (κ3) is 5.00. The third-order valence-corrected chi connectivity index (χ3v) is 7.27. The first kappa shape index (κ1) is 23.5. The number of halogens is 3. The molecule has 4 rings (SSSR count). The van der Waals surface area contributed by atoms with E-state index >= 15 is 0 Å². The molecule has 3 heterocycles. The van der Waals surface area contributed by atoms with E-state index in [0.717, 1.165) is 59.9 Å². The minimum atomic E-state index is -4.39. The molecule has 5 nitrogen and oxygen atoms in total. The second kappa shape index (κ2) is 9.32. The maximum absolute atomic E-state index is 13.2. The molecule has 0 spiro atoms. The van der Waals surface area contributed by atoms with Gasteiger partial charge in [0.1, 0.15) is 5.00 Å². The van der Waals surface area contributed by atoms with E-state index < -0.39 is 11.7 Å². The van der Waals surface area contributed by atoms with Crippen LogP contribution >= 0.6 is 11.3 Å². The molecule has 0 radical (unpaired) electrons. The van der Waals surface area contributed by atoms with Crippen molar-refractivity contribution in [3.63, 3.8) is 0 Å². The Morgan fingerprint density at radius 2 is 1.76 bits per heavy atom. The lowest BCUT2D eigenvalue weighted by atomic mass is 9.93. The average Bonchev–Trinajstić information content (AvgIpc) is 3.40. The van der Waals surface area contributed by atoms with Crippen LogP contribution in [0.15, 0.2) is 47.1 Å². The summed E-state index contributed by atoms with van der Waals surface area (Å²) in [6.07, 6.45) is -2.95. The number of rotatable bonds is 5. The molecule has 1 aliphatic heterocycles. The summed E-state index contributed by atoms with van der Waals surface area (Å²) in [5.41, 5.74) is 2.04. The lowest BCUT2D eigenvalue weighted by molar-refractivity contribution is -0.137. The van der Waals surface area contributed by atoms with Crippen molar-refractivity contribution < 1.29 is 22.4 Å². The maximum Gasteiger partial charge on any atom is 0.416 e. The number of aryl methyl sites for hydroxylation is 1. The summed E-state index contributed by atoms with van der Waals surface area (Å²) in [6, 6.07) is 8.33. The van der Waals surface area contributed by atoms with Gasteiger partial charge in [0.2, 0.25) is 0 Å². The summed E-state index contributed by atoms with van der Waals surface area (Å²) in [6.45, 7) is 7.22. The van der Waals surface area contributed by atoms with E-state index in [9.17, 15) is 18.0 Å². The number of nitrogens with zero attached hydrogens (tertiary/aromatic N) is 2. The number of likely N-dealkylation sites (N-methyl/N-ethyl adjacent to an activating group) is 1. The summed E-state index contributed by atoms with van der Waals surface area (Å²) < 4.78 is 44.8. The number of amides is 1.